The molecule has 1 aromatic heterocycles. The summed E-state index contributed by atoms with van der Waals surface area (Å²) in [6.45, 7) is 6.20. The molecular formula is C19H21BrClN3O2. The van der Waals surface area contributed by atoms with Crippen LogP contribution in [0.3, 0.4) is 0 Å². The van der Waals surface area contributed by atoms with E-state index in [1.807, 2.05) is 12.1 Å². The van der Waals surface area contributed by atoms with Gasteiger partial charge in [-0.15, -0.1) is 0 Å². The van der Waals surface area contributed by atoms with E-state index in [1.54, 1.807) is 24.4 Å². The topological polar surface area (TPSA) is 54.5 Å². The number of benzene rings is 1. The lowest BCUT2D eigenvalue weighted by atomic mass is 10.2. The number of morpholine rings is 1. The van der Waals surface area contributed by atoms with Crippen LogP contribution in [0.5, 0.6) is 0 Å². The Morgan fingerprint density at radius 1 is 1.31 bits per heavy atom. The van der Waals surface area contributed by atoms with Crippen LogP contribution >= 0.6 is 27.5 Å². The van der Waals surface area contributed by atoms with Gasteiger partial charge in [0.25, 0.3) is 5.91 Å². The Morgan fingerprint density at radius 2 is 2.04 bits per heavy atom. The number of rotatable bonds is 4. The Hall–Kier alpha value is -1.63. The predicted octanol–water partition coefficient (Wildman–Crippen LogP) is 4.04. The van der Waals surface area contributed by atoms with Crippen LogP contribution in [-0.4, -0.2) is 36.2 Å². The van der Waals surface area contributed by atoms with Crippen molar-refractivity contribution in [1.29, 1.82) is 0 Å². The van der Waals surface area contributed by atoms with E-state index in [2.05, 4.69) is 45.0 Å². The maximum absolute atomic E-state index is 12.3. The zero-order valence-corrected chi connectivity index (χ0v) is 17.0. The van der Waals surface area contributed by atoms with Crippen molar-refractivity contribution in [2.24, 2.45) is 0 Å². The fourth-order valence-corrected chi connectivity index (χ4v) is 3.62. The van der Waals surface area contributed by atoms with Crippen molar-refractivity contribution in [3.63, 3.8) is 0 Å². The summed E-state index contributed by atoms with van der Waals surface area (Å²) >= 11 is 9.34. The molecule has 2 heterocycles. The standard InChI is InChI=1S/C19H21BrClN3O2/c1-12-10-24(11-13(2)26-12)18-6-3-14(8-22-18)9-23-19(25)16-7-15(21)4-5-17(16)20/h3-8,12-13H,9-11H2,1-2H3,(H,23,25). The smallest absolute Gasteiger partial charge is 0.252 e. The van der Waals surface area contributed by atoms with Gasteiger partial charge in [-0.05, 0) is 59.6 Å². The average Bonchev–Trinajstić information content (AvgIpc) is 2.61. The summed E-state index contributed by atoms with van der Waals surface area (Å²) in [6.07, 6.45) is 2.18. The highest BCUT2D eigenvalue weighted by Gasteiger charge is 2.23. The average molecular weight is 439 g/mol. The number of carbonyl (C=O) groups is 1. The SMILES string of the molecule is CC1CN(c2ccc(CNC(=O)c3cc(Cl)ccc3Br)cn2)CC(C)O1. The third-order valence-corrected chi connectivity index (χ3v) is 5.11. The molecule has 1 aliphatic rings. The second-order valence-corrected chi connectivity index (χ2v) is 7.78. The lowest BCUT2D eigenvalue weighted by molar-refractivity contribution is -0.00546. The number of hydrogen-bond acceptors (Lipinski definition) is 4. The zero-order valence-electron chi connectivity index (χ0n) is 14.7. The first kappa shape index (κ1) is 19.1. The zero-order chi connectivity index (χ0) is 18.7. The summed E-state index contributed by atoms with van der Waals surface area (Å²) in [6, 6.07) is 9.11. The molecule has 1 aromatic carbocycles. The summed E-state index contributed by atoms with van der Waals surface area (Å²) in [5.41, 5.74) is 1.45. The summed E-state index contributed by atoms with van der Waals surface area (Å²) in [5.74, 6) is 0.749. The summed E-state index contributed by atoms with van der Waals surface area (Å²) in [7, 11) is 0. The van der Waals surface area contributed by atoms with Gasteiger partial charge in [-0.3, -0.25) is 4.79 Å². The third kappa shape index (κ3) is 4.75. The molecule has 138 valence electrons. The Balaban J connectivity index is 1.61. The van der Waals surface area contributed by atoms with E-state index in [-0.39, 0.29) is 18.1 Å². The van der Waals surface area contributed by atoms with Crippen LogP contribution in [0, 0.1) is 0 Å². The molecule has 1 saturated heterocycles. The van der Waals surface area contributed by atoms with Crippen molar-refractivity contribution in [2.75, 3.05) is 18.0 Å². The van der Waals surface area contributed by atoms with E-state index >= 15 is 0 Å². The molecule has 26 heavy (non-hydrogen) atoms. The van der Waals surface area contributed by atoms with Crippen molar-refractivity contribution < 1.29 is 9.53 Å². The van der Waals surface area contributed by atoms with Gasteiger partial charge in [-0.2, -0.15) is 0 Å². The molecule has 0 spiro atoms. The quantitative estimate of drug-likeness (QED) is 0.783. The van der Waals surface area contributed by atoms with Crippen molar-refractivity contribution in [3.8, 4) is 0 Å². The van der Waals surface area contributed by atoms with Crippen LogP contribution < -0.4 is 10.2 Å². The third-order valence-electron chi connectivity index (χ3n) is 4.18. The van der Waals surface area contributed by atoms with Crippen molar-refractivity contribution in [1.82, 2.24) is 10.3 Å². The van der Waals surface area contributed by atoms with Crippen LogP contribution in [0.15, 0.2) is 41.0 Å². The molecule has 2 atom stereocenters. The highest BCUT2D eigenvalue weighted by atomic mass is 79.9. The number of nitrogens with one attached hydrogen (secondary N) is 1. The summed E-state index contributed by atoms with van der Waals surface area (Å²) in [5, 5.41) is 3.42. The number of hydrogen-bond donors (Lipinski definition) is 1. The summed E-state index contributed by atoms with van der Waals surface area (Å²) in [4.78, 5) is 19.1. The number of carbonyl (C=O) groups excluding carboxylic acids is 1. The second-order valence-electron chi connectivity index (χ2n) is 6.49. The molecule has 2 aromatic rings. The number of halogens is 2. The number of amides is 1. The first-order valence-electron chi connectivity index (χ1n) is 8.51. The fourth-order valence-electron chi connectivity index (χ4n) is 3.02. The number of nitrogens with zero attached hydrogens (tertiary/aromatic N) is 2. The van der Waals surface area contributed by atoms with Crippen LogP contribution in [0.2, 0.25) is 5.02 Å². The maximum Gasteiger partial charge on any atom is 0.252 e. The van der Waals surface area contributed by atoms with Gasteiger partial charge >= 0.3 is 0 Å². The van der Waals surface area contributed by atoms with Gasteiger partial charge in [0.1, 0.15) is 5.82 Å². The number of anilines is 1. The van der Waals surface area contributed by atoms with E-state index in [4.69, 9.17) is 16.3 Å². The van der Waals surface area contributed by atoms with Gasteiger partial charge in [0.15, 0.2) is 0 Å². The van der Waals surface area contributed by atoms with Gasteiger partial charge in [0, 0.05) is 35.3 Å². The van der Waals surface area contributed by atoms with Crippen molar-refractivity contribution >= 4 is 39.3 Å². The molecule has 1 aliphatic heterocycles. The van der Waals surface area contributed by atoms with Crippen molar-refractivity contribution in [2.45, 2.75) is 32.6 Å². The molecule has 0 bridgehead atoms. The second kappa shape index (κ2) is 8.37. The highest BCUT2D eigenvalue weighted by molar-refractivity contribution is 9.10. The minimum absolute atomic E-state index is 0.181. The van der Waals surface area contributed by atoms with Crippen molar-refractivity contribution in [3.05, 3.63) is 57.2 Å². The van der Waals surface area contributed by atoms with E-state index in [0.29, 0.717) is 21.6 Å². The Kier molecular flexibility index (Phi) is 6.16. The van der Waals surface area contributed by atoms with Crippen LogP contribution in [0.25, 0.3) is 0 Å². The molecule has 1 N–H and O–H groups in total. The monoisotopic (exact) mass is 437 g/mol. The molecule has 1 fully saturated rings. The van der Waals surface area contributed by atoms with E-state index in [9.17, 15) is 4.79 Å². The van der Waals surface area contributed by atoms with E-state index in [1.165, 1.54) is 0 Å². The number of ether oxygens (including phenoxy) is 1. The first-order chi connectivity index (χ1) is 12.4. The van der Waals surface area contributed by atoms with E-state index in [0.717, 1.165) is 24.5 Å². The normalized spacial score (nSPS) is 20.1. The fraction of sp³-hybridized carbons (Fsp3) is 0.368. The van der Waals surface area contributed by atoms with Gasteiger partial charge in [0.05, 0.1) is 17.8 Å². The Bertz CT molecular complexity index is 775. The van der Waals surface area contributed by atoms with Crippen LogP contribution in [-0.2, 0) is 11.3 Å². The van der Waals surface area contributed by atoms with Gasteiger partial charge in [-0.1, -0.05) is 17.7 Å². The first-order valence-corrected chi connectivity index (χ1v) is 9.68. The summed E-state index contributed by atoms with van der Waals surface area (Å²) < 4.78 is 6.47. The Labute approximate surface area is 166 Å². The predicted molar refractivity (Wildman–Crippen MR) is 107 cm³/mol. The molecule has 5 nitrogen and oxygen atoms in total. The molecule has 2 unspecified atom stereocenters. The molecular weight excluding hydrogens is 418 g/mol. The molecule has 0 aliphatic carbocycles. The molecule has 3 rings (SSSR count). The lowest BCUT2D eigenvalue weighted by Crippen LogP contribution is -2.45. The molecule has 0 radical (unpaired) electrons. The minimum atomic E-state index is -0.181. The van der Waals surface area contributed by atoms with E-state index < -0.39 is 0 Å². The van der Waals surface area contributed by atoms with Gasteiger partial charge in [-0.25, -0.2) is 4.98 Å². The molecule has 7 heteroatoms. The number of pyridine rings is 1. The Morgan fingerprint density at radius 3 is 2.69 bits per heavy atom. The van der Waals surface area contributed by atoms with Gasteiger partial charge < -0.3 is 15.0 Å². The largest absolute Gasteiger partial charge is 0.372 e. The lowest BCUT2D eigenvalue weighted by Gasteiger charge is -2.36. The van der Waals surface area contributed by atoms with Gasteiger partial charge in [0.2, 0.25) is 0 Å². The highest BCUT2D eigenvalue weighted by Crippen LogP contribution is 2.21. The maximum atomic E-state index is 12.3. The minimum Gasteiger partial charge on any atom is -0.372 e. The molecule has 1 amide bonds. The van der Waals surface area contributed by atoms with Crippen LogP contribution in [0.4, 0.5) is 5.82 Å². The molecule has 0 saturated carbocycles. The number of aromatic nitrogens is 1. The van der Waals surface area contributed by atoms with Crippen LogP contribution in [0.1, 0.15) is 29.8 Å².